The average Bonchev–Trinajstić information content (AvgIpc) is 2.77. The van der Waals surface area contributed by atoms with Gasteiger partial charge in [0, 0.05) is 26.2 Å². The molecule has 0 atom stereocenters. The predicted molar refractivity (Wildman–Crippen MR) is 107 cm³/mol. The zero-order valence-corrected chi connectivity index (χ0v) is 17.8. The van der Waals surface area contributed by atoms with Gasteiger partial charge in [-0.2, -0.15) is 4.31 Å². The van der Waals surface area contributed by atoms with Crippen LogP contribution in [-0.2, 0) is 14.8 Å². The molecule has 0 bridgehead atoms. The number of benzene rings is 2. The van der Waals surface area contributed by atoms with E-state index in [-0.39, 0.29) is 43.2 Å². The summed E-state index contributed by atoms with van der Waals surface area (Å²) in [6.45, 7) is -0.390. The number of rotatable bonds is 6. The minimum absolute atomic E-state index is 0.0445. The standard InChI is InChI=1S/C20H19F4N3O5S/c21-17-4-2-1-3-16(17)19(29)25-13-18(28)26-9-11-27(12-10-26)33(30,31)15-7-5-14(6-8-15)32-20(22,23)24/h1-8H,9-13H2,(H,25,29). The van der Waals surface area contributed by atoms with Crippen molar-refractivity contribution in [3.8, 4) is 5.75 Å². The third kappa shape index (κ3) is 6.20. The molecule has 0 unspecified atom stereocenters. The van der Waals surface area contributed by atoms with E-state index in [9.17, 15) is 35.6 Å². The largest absolute Gasteiger partial charge is 0.573 e. The first-order chi connectivity index (χ1) is 15.5. The first-order valence-electron chi connectivity index (χ1n) is 9.64. The van der Waals surface area contributed by atoms with E-state index < -0.39 is 39.8 Å². The Morgan fingerprint density at radius 2 is 1.58 bits per heavy atom. The molecule has 8 nitrogen and oxygen atoms in total. The van der Waals surface area contributed by atoms with Gasteiger partial charge >= 0.3 is 6.36 Å². The van der Waals surface area contributed by atoms with E-state index in [4.69, 9.17) is 0 Å². The van der Waals surface area contributed by atoms with Crippen molar-refractivity contribution >= 4 is 21.8 Å². The minimum Gasteiger partial charge on any atom is -0.406 e. The Morgan fingerprint density at radius 3 is 2.15 bits per heavy atom. The summed E-state index contributed by atoms with van der Waals surface area (Å²) in [4.78, 5) is 25.5. The summed E-state index contributed by atoms with van der Waals surface area (Å²) < 4.78 is 80.7. The van der Waals surface area contributed by atoms with Crippen LogP contribution in [0.25, 0.3) is 0 Å². The van der Waals surface area contributed by atoms with Crippen LogP contribution in [0.15, 0.2) is 53.4 Å². The van der Waals surface area contributed by atoms with Crippen LogP contribution in [0.2, 0.25) is 0 Å². The fourth-order valence-electron chi connectivity index (χ4n) is 3.15. The Bertz CT molecular complexity index is 1120. The molecule has 1 N–H and O–H groups in total. The first-order valence-corrected chi connectivity index (χ1v) is 11.1. The molecule has 2 aromatic carbocycles. The summed E-state index contributed by atoms with van der Waals surface area (Å²) in [5.74, 6) is -2.49. The van der Waals surface area contributed by atoms with Gasteiger partial charge in [0.15, 0.2) is 0 Å². The van der Waals surface area contributed by atoms with Gasteiger partial charge in [0.05, 0.1) is 17.0 Å². The van der Waals surface area contributed by atoms with Crippen LogP contribution in [-0.4, -0.2) is 68.5 Å². The Balaban J connectivity index is 1.53. The molecule has 0 aromatic heterocycles. The van der Waals surface area contributed by atoms with E-state index in [1.165, 1.54) is 23.1 Å². The van der Waals surface area contributed by atoms with Crippen molar-refractivity contribution in [2.45, 2.75) is 11.3 Å². The Labute approximate surface area is 186 Å². The zero-order chi connectivity index (χ0) is 24.2. The summed E-state index contributed by atoms with van der Waals surface area (Å²) in [6, 6.07) is 9.12. The molecule has 1 saturated heterocycles. The van der Waals surface area contributed by atoms with Crippen molar-refractivity contribution in [2.75, 3.05) is 32.7 Å². The SMILES string of the molecule is O=C(NCC(=O)N1CCN(S(=O)(=O)c2ccc(OC(F)(F)F)cc2)CC1)c1ccccc1F. The number of carbonyl (C=O) groups excluding carboxylic acids is 2. The maximum atomic E-state index is 13.6. The van der Waals surface area contributed by atoms with Crippen LogP contribution in [0.1, 0.15) is 10.4 Å². The highest BCUT2D eigenvalue weighted by Crippen LogP contribution is 2.25. The molecule has 0 saturated carbocycles. The molecular formula is C20H19F4N3O5S. The normalized spacial score (nSPS) is 15.2. The van der Waals surface area contributed by atoms with Gasteiger partial charge in [0.25, 0.3) is 5.91 Å². The molecule has 1 fully saturated rings. The number of amides is 2. The van der Waals surface area contributed by atoms with Crippen molar-refractivity contribution in [1.29, 1.82) is 0 Å². The second-order valence-electron chi connectivity index (χ2n) is 6.97. The summed E-state index contributed by atoms with van der Waals surface area (Å²) >= 11 is 0. The molecule has 178 valence electrons. The topological polar surface area (TPSA) is 96.0 Å². The maximum Gasteiger partial charge on any atom is 0.573 e. The highest BCUT2D eigenvalue weighted by atomic mass is 32.2. The van der Waals surface area contributed by atoms with Crippen molar-refractivity contribution in [3.63, 3.8) is 0 Å². The van der Waals surface area contributed by atoms with E-state index >= 15 is 0 Å². The lowest BCUT2D eigenvalue weighted by Crippen LogP contribution is -2.52. The van der Waals surface area contributed by atoms with E-state index in [2.05, 4.69) is 10.1 Å². The summed E-state index contributed by atoms with van der Waals surface area (Å²) in [7, 11) is -3.99. The number of hydrogen-bond acceptors (Lipinski definition) is 5. The van der Waals surface area contributed by atoms with Gasteiger partial charge in [-0.1, -0.05) is 12.1 Å². The summed E-state index contributed by atoms with van der Waals surface area (Å²) in [5.41, 5.74) is -0.201. The monoisotopic (exact) mass is 489 g/mol. The second-order valence-corrected chi connectivity index (χ2v) is 8.90. The second kappa shape index (κ2) is 9.75. The van der Waals surface area contributed by atoms with Crippen LogP contribution in [0.5, 0.6) is 5.75 Å². The van der Waals surface area contributed by atoms with Crippen LogP contribution >= 0.6 is 0 Å². The van der Waals surface area contributed by atoms with E-state index in [1.807, 2.05) is 0 Å². The molecule has 3 rings (SSSR count). The molecule has 0 radical (unpaired) electrons. The van der Waals surface area contributed by atoms with Crippen molar-refractivity contribution in [2.24, 2.45) is 0 Å². The van der Waals surface area contributed by atoms with Crippen LogP contribution in [0, 0.1) is 5.82 Å². The number of alkyl halides is 3. The molecule has 0 aliphatic carbocycles. The highest BCUT2D eigenvalue weighted by molar-refractivity contribution is 7.89. The van der Waals surface area contributed by atoms with Gasteiger partial charge in [-0.15, -0.1) is 13.2 Å². The Kier molecular flexibility index (Phi) is 7.22. The van der Waals surface area contributed by atoms with Crippen LogP contribution in [0.4, 0.5) is 17.6 Å². The number of nitrogens with one attached hydrogen (secondary N) is 1. The Morgan fingerprint density at radius 1 is 0.970 bits per heavy atom. The fourth-order valence-corrected chi connectivity index (χ4v) is 4.57. The van der Waals surface area contributed by atoms with E-state index in [1.54, 1.807) is 0 Å². The third-order valence-corrected chi connectivity index (χ3v) is 6.72. The predicted octanol–water partition coefficient (Wildman–Crippen LogP) is 1.99. The molecule has 2 amide bonds. The number of carbonyl (C=O) groups is 2. The lowest BCUT2D eigenvalue weighted by Gasteiger charge is -2.34. The lowest BCUT2D eigenvalue weighted by atomic mass is 10.2. The van der Waals surface area contributed by atoms with Crippen molar-refractivity contribution < 1.29 is 40.3 Å². The molecule has 0 spiro atoms. The van der Waals surface area contributed by atoms with Gasteiger partial charge < -0.3 is 15.0 Å². The van der Waals surface area contributed by atoms with Gasteiger partial charge in [0.1, 0.15) is 11.6 Å². The van der Waals surface area contributed by atoms with Crippen molar-refractivity contribution in [3.05, 3.63) is 59.9 Å². The number of ether oxygens (including phenoxy) is 1. The third-order valence-electron chi connectivity index (χ3n) is 4.81. The van der Waals surface area contributed by atoms with Gasteiger partial charge in [-0.3, -0.25) is 9.59 Å². The smallest absolute Gasteiger partial charge is 0.406 e. The lowest BCUT2D eigenvalue weighted by molar-refractivity contribution is -0.274. The number of halogens is 4. The maximum absolute atomic E-state index is 13.6. The molecule has 1 aliphatic heterocycles. The molecule has 1 heterocycles. The van der Waals surface area contributed by atoms with Crippen LogP contribution < -0.4 is 10.1 Å². The average molecular weight is 489 g/mol. The summed E-state index contributed by atoms with van der Waals surface area (Å²) in [5, 5.41) is 2.33. The van der Waals surface area contributed by atoms with Crippen molar-refractivity contribution in [1.82, 2.24) is 14.5 Å². The zero-order valence-electron chi connectivity index (χ0n) is 17.0. The Hall–Kier alpha value is -3.19. The highest BCUT2D eigenvalue weighted by Gasteiger charge is 2.32. The number of nitrogens with zero attached hydrogens (tertiary/aromatic N) is 2. The molecule has 33 heavy (non-hydrogen) atoms. The quantitative estimate of drug-likeness (QED) is 0.627. The van der Waals surface area contributed by atoms with E-state index in [0.29, 0.717) is 0 Å². The van der Waals surface area contributed by atoms with Gasteiger partial charge in [0.2, 0.25) is 15.9 Å². The van der Waals surface area contributed by atoms with E-state index in [0.717, 1.165) is 34.6 Å². The summed E-state index contributed by atoms with van der Waals surface area (Å²) in [6.07, 6.45) is -4.89. The number of piperazine rings is 1. The van der Waals surface area contributed by atoms with Gasteiger partial charge in [-0.05, 0) is 36.4 Å². The molecular weight excluding hydrogens is 470 g/mol. The molecule has 1 aliphatic rings. The molecule has 2 aromatic rings. The first kappa shape index (κ1) is 24.5. The molecule has 13 heteroatoms. The minimum atomic E-state index is -4.89. The van der Waals surface area contributed by atoms with Crippen LogP contribution in [0.3, 0.4) is 0 Å². The number of sulfonamides is 1. The number of hydrogen-bond donors (Lipinski definition) is 1. The fraction of sp³-hybridized carbons (Fsp3) is 0.300. The van der Waals surface area contributed by atoms with Gasteiger partial charge in [-0.25, -0.2) is 12.8 Å².